The third-order valence-corrected chi connectivity index (χ3v) is 1.57. The van der Waals surface area contributed by atoms with Crippen molar-refractivity contribution in [3.05, 3.63) is 29.8 Å². The van der Waals surface area contributed by atoms with Crippen molar-refractivity contribution in [2.24, 2.45) is 5.10 Å². The molecule has 0 bridgehead atoms. The van der Waals surface area contributed by atoms with Crippen molar-refractivity contribution in [1.29, 1.82) is 0 Å². The maximum atomic E-state index is 4.06. The molecule has 0 heterocycles. The molecular weight excluding hydrogens is 198 g/mol. The number of anilines is 1. The van der Waals surface area contributed by atoms with E-state index in [1.807, 2.05) is 26.2 Å². The Kier molecular flexibility index (Phi) is 5.92. The molecule has 78 valence electrons. The van der Waals surface area contributed by atoms with Crippen molar-refractivity contribution in [3.8, 4) is 0 Å². The fourth-order valence-electron chi connectivity index (χ4n) is 0.864. The Morgan fingerprint density at radius 2 is 1.79 bits per heavy atom. The Labute approximate surface area is 91.2 Å². The first kappa shape index (κ1) is 12.9. The molecule has 0 aliphatic heterocycles. The fourth-order valence-corrected chi connectivity index (χ4v) is 0.864. The zero-order valence-electron chi connectivity index (χ0n) is 8.71. The van der Waals surface area contributed by atoms with Gasteiger partial charge in [-0.3, -0.25) is 10.3 Å². The van der Waals surface area contributed by atoms with Gasteiger partial charge in [0.15, 0.2) is 0 Å². The molecule has 0 aromatic heterocycles. The molecule has 0 fully saturated rings. The molecule has 0 spiro atoms. The molecule has 1 rings (SSSR count). The molecule has 0 saturated carbocycles. The van der Waals surface area contributed by atoms with Gasteiger partial charge in [0, 0.05) is 0 Å². The second-order valence-electron chi connectivity index (χ2n) is 3.31. The Morgan fingerprint density at radius 1 is 1.21 bits per heavy atom. The van der Waals surface area contributed by atoms with E-state index in [4.69, 9.17) is 0 Å². The van der Waals surface area contributed by atoms with Crippen molar-refractivity contribution < 1.29 is 17.3 Å². The van der Waals surface area contributed by atoms with Gasteiger partial charge in [-0.2, -0.15) is 0 Å². The van der Waals surface area contributed by atoms with Gasteiger partial charge in [-0.25, -0.2) is 0 Å². The van der Waals surface area contributed by atoms with Crippen LogP contribution in [0.2, 0.25) is 0 Å². The summed E-state index contributed by atoms with van der Waals surface area (Å²) in [6.45, 7) is 2.07. The molecule has 1 aromatic rings. The van der Waals surface area contributed by atoms with Crippen LogP contribution >= 0.6 is 0 Å². The van der Waals surface area contributed by atoms with E-state index in [1.165, 1.54) is 10.5 Å². The number of hydrazone groups is 1. The maximum Gasteiger partial charge on any atom is 0.205 e. The zero-order chi connectivity index (χ0) is 9.68. The molecule has 0 radical (unpaired) electrons. The molecule has 0 aliphatic carbocycles. The number of quaternary nitrogens is 1. The lowest BCUT2D eigenvalue weighted by Gasteiger charge is -2.00. The largest absolute Gasteiger partial charge is 1.00 e. The SMILES string of the molecule is Cc1ccc(N/N=C/[NH+](C)C)cc1.[Cl-]. The lowest BCUT2D eigenvalue weighted by molar-refractivity contribution is -0.750. The predicted molar refractivity (Wildman–Crippen MR) is 56.1 cm³/mol. The summed E-state index contributed by atoms with van der Waals surface area (Å²) in [6.07, 6.45) is 1.81. The minimum Gasteiger partial charge on any atom is -1.00 e. The molecule has 3 nitrogen and oxygen atoms in total. The predicted octanol–water partition coefficient (Wildman–Crippen LogP) is -2.50. The van der Waals surface area contributed by atoms with Gasteiger partial charge in [0.1, 0.15) is 0 Å². The highest BCUT2D eigenvalue weighted by atomic mass is 35.5. The zero-order valence-corrected chi connectivity index (χ0v) is 9.47. The third kappa shape index (κ3) is 4.84. The molecule has 0 aliphatic rings. The van der Waals surface area contributed by atoms with Crippen LogP contribution in [0, 0.1) is 6.92 Å². The quantitative estimate of drug-likeness (QED) is 0.325. The molecule has 0 saturated heterocycles. The Morgan fingerprint density at radius 3 is 2.29 bits per heavy atom. The number of rotatable bonds is 3. The van der Waals surface area contributed by atoms with Crippen LogP contribution in [0.1, 0.15) is 5.56 Å². The first-order valence-electron chi connectivity index (χ1n) is 4.34. The Hall–Kier alpha value is -1.06. The minimum atomic E-state index is 0. The van der Waals surface area contributed by atoms with Gasteiger partial charge in [-0.15, -0.1) is 5.10 Å². The highest BCUT2D eigenvalue weighted by Crippen LogP contribution is 2.07. The van der Waals surface area contributed by atoms with Gasteiger partial charge in [-0.1, -0.05) is 17.7 Å². The maximum absolute atomic E-state index is 4.06. The first-order chi connectivity index (χ1) is 6.18. The topological polar surface area (TPSA) is 28.8 Å². The molecule has 4 heteroatoms. The van der Waals surface area contributed by atoms with Crippen LogP contribution in [0.3, 0.4) is 0 Å². The summed E-state index contributed by atoms with van der Waals surface area (Å²) in [7, 11) is 4.03. The average Bonchev–Trinajstić information content (AvgIpc) is 2.08. The molecule has 14 heavy (non-hydrogen) atoms. The van der Waals surface area contributed by atoms with Gasteiger partial charge < -0.3 is 12.4 Å². The smallest absolute Gasteiger partial charge is 0.205 e. The van der Waals surface area contributed by atoms with Crippen LogP contribution < -0.4 is 22.7 Å². The normalized spacial score (nSPS) is 10.3. The van der Waals surface area contributed by atoms with Gasteiger partial charge in [0.25, 0.3) is 0 Å². The average molecular weight is 214 g/mol. The van der Waals surface area contributed by atoms with Gasteiger partial charge in [-0.05, 0) is 19.1 Å². The summed E-state index contributed by atoms with van der Waals surface area (Å²) in [5, 5.41) is 4.06. The van der Waals surface area contributed by atoms with Crippen LogP contribution in [0.4, 0.5) is 5.69 Å². The van der Waals surface area contributed by atoms with E-state index in [9.17, 15) is 0 Å². The van der Waals surface area contributed by atoms with E-state index in [0.717, 1.165) is 5.69 Å². The van der Waals surface area contributed by atoms with E-state index in [1.54, 1.807) is 6.34 Å². The van der Waals surface area contributed by atoms with E-state index in [0.29, 0.717) is 0 Å². The monoisotopic (exact) mass is 213 g/mol. The van der Waals surface area contributed by atoms with Crippen LogP contribution in [0.5, 0.6) is 0 Å². The minimum absolute atomic E-state index is 0. The van der Waals surface area contributed by atoms with Crippen molar-refractivity contribution in [2.45, 2.75) is 6.92 Å². The summed E-state index contributed by atoms with van der Waals surface area (Å²) < 4.78 is 0. The van der Waals surface area contributed by atoms with Crippen molar-refractivity contribution in [2.75, 3.05) is 19.5 Å². The highest BCUT2D eigenvalue weighted by Gasteiger charge is 1.88. The molecule has 1 aromatic carbocycles. The van der Waals surface area contributed by atoms with Crippen LogP contribution in [0.15, 0.2) is 29.4 Å². The summed E-state index contributed by atoms with van der Waals surface area (Å²) in [6, 6.07) is 8.13. The van der Waals surface area contributed by atoms with E-state index in [2.05, 4.69) is 29.6 Å². The van der Waals surface area contributed by atoms with E-state index >= 15 is 0 Å². The fraction of sp³-hybridized carbons (Fsp3) is 0.300. The second kappa shape index (κ2) is 6.40. The first-order valence-corrected chi connectivity index (χ1v) is 4.34. The van der Waals surface area contributed by atoms with Crippen LogP contribution in [0.25, 0.3) is 0 Å². The summed E-state index contributed by atoms with van der Waals surface area (Å²) in [5.41, 5.74) is 5.23. The molecular formula is C10H16ClN3. The number of hydrogen-bond acceptors (Lipinski definition) is 2. The second-order valence-corrected chi connectivity index (χ2v) is 3.31. The molecule has 2 N–H and O–H groups in total. The van der Waals surface area contributed by atoms with E-state index in [-0.39, 0.29) is 12.4 Å². The molecule has 0 atom stereocenters. The lowest BCUT2D eigenvalue weighted by atomic mass is 10.2. The summed E-state index contributed by atoms with van der Waals surface area (Å²) >= 11 is 0. The number of nitrogens with one attached hydrogen (secondary N) is 2. The molecule has 0 amide bonds. The standard InChI is InChI=1S/C10H15N3.ClH/c1-9-4-6-10(7-5-9)12-11-8-13(2)3;/h4-8,12H,1-3H3;1H/b11-8+;. The van der Waals surface area contributed by atoms with Gasteiger partial charge >= 0.3 is 0 Å². The molecule has 0 unspecified atom stereocenters. The van der Waals surface area contributed by atoms with Crippen LogP contribution in [-0.2, 0) is 0 Å². The van der Waals surface area contributed by atoms with Crippen molar-refractivity contribution >= 4 is 12.0 Å². The Balaban J connectivity index is 0.00000169. The summed E-state index contributed by atoms with van der Waals surface area (Å²) in [4.78, 5) is 1.18. The lowest BCUT2D eigenvalue weighted by Crippen LogP contribution is -3.04. The van der Waals surface area contributed by atoms with Gasteiger partial charge in [0.2, 0.25) is 6.34 Å². The van der Waals surface area contributed by atoms with Crippen molar-refractivity contribution in [3.63, 3.8) is 0 Å². The number of halogens is 1. The highest BCUT2D eigenvalue weighted by molar-refractivity contribution is 5.49. The third-order valence-electron chi connectivity index (χ3n) is 1.57. The number of benzene rings is 1. The number of nitrogens with zero attached hydrogens (tertiary/aromatic N) is 1. The van der Waals surface area contributed by atoms with Crippen molar-refractivity contribution in [1.82, 2.24) is 0 Å². The number of aryl methyl sites for hydroxylation is 1. The van der Waals surface area contributed by atoms with Gasteiger partial charge in [0.05, 0.1) is 19.8 Å². The number of hydrogen-bond donors (Lipinski definition) is 2. The Bertz CT molecular complexity index is 280. The van der Waals surface area contributed by atoms with Crippen LogP contribution in [-0.4, -0.2) is 20.4 Å². The summed E-state index contributed by atoms with van der Waals surface area (Å²) in [5.74, 6) is 0. The van der Waals surface area contributed by atoms with E-state index < -0.39 is 0 Å².